The lowest BCUT2D eigenvalue weighted by atomic mass is 9.78. The molecule has 0 spiro atoms. The van der Waals surface area contributed by atoms with Gasteiger partial charge in [0.05, 0.1) is 5.92 Å². The number of aliphatic hydroxyl groups is 1. The van der Waals surface area contributed by atoms with E-state index in [0.29, 0.717) is 12.8 Å². The van der Waals surface area contributed by atoms with Gasteiger partial charge in [-0.2, -0.15) is 13.2 Å². The Kier molecular flexibility index (Phi) is 5.51. The summed E-state index contributed by atoms with van der Waals surface area (Å²) in [7, 11) is 0. The van der Waals surface area contributed by atoms with Gasteiger partial charge in [0.2, 0.25) is 5.91 Å². The maximum atomic E-state index is 12.7. The summed E-state index contributed by atoms with van der Waals surface area (Å²) in [6.45, 7) is -0.739. The first kappa shape index (κ1) is 16.1. The van der Waals surface area contributed by atoms with E-state index in [0.717, 1.165) is 0 Å². The van der Waals surface area contributed by atoms with Crippen LogP contribution >= 0.6 is 0 Å². The van der Waals surface area contributed by atoms with Gasteiger partial charge in [-0.15, -0.1) is 0 Å². The molecule has 1 aliphatic rings. The van der Waals surface area contributed by atoms with Crippen molar-refractivity contribution < 1.29 is 31.9 Å². The van der Waals surface area contributed by atoms with Gasteiger partial charge in [0.1, 0.15) is 6.10 Å². The number of hydrogen-bond donors (Lipinski definition) is 2. The molecule has 0 aromatic carbocycles. The summed E-state index contributed by atoms with van der Waals surface area (Å²) in [5.41, 5.74) is 0. The number of carbonyl (C=O) groups is 1. The van der Waals surface area contributed by atoms with Crippen molar-refractivity contribution in [3.05, 3.63) is 0 Å². The van der Waals surface area contributed by atoms with Gasteiger partial charge in [-0.1, -0.05) is 12.8 Å². The van der Waals surface area contributed by atoms with Crippen molar-refractivity contribution in [1.29, 1.82) is 0 Å². The molecule has 0 saturated heterocycles. The van der Waals surface area contributed by atoms with E-state index in [1.807, 2.05) is 5.32 Å². The minimum Gasteiger partial charge on any atom is -0.385 e. The number of halogens is 5. The molecule has 0 aromatic rings. The lowest BCUT2D eigenvalue weighted by Gasteiger charge is -2.32. The Morgan fingerprint density at radius 2 is 1.84 bits per heavy atom. The molecule has 1 saturated carbocycles. The zero-order valence-electron chi connectivity index (χ0n) is 10.1. The molecule has 1 aliphatic carbocycles. The molecular weight excluding hydrogens is 273 g/mol. The van der Waals surface area contributed by atoms with E-state index < -0.39 is 43.0 Å². The van der Waals surface area contributed by atoms with Crippen LogP contribution in [-0.4, -0.2) is 36.3 Å². The molecule has 0 aromatic heterocycles. The number of carbonyl (C=O) groups excluding carboxylic acids is 1. The van der Waals surface area contributed by atoms with Gasteiger partial charge in [0.25, 0.3) is 6.43 Å². The smallest absolute Gasteiger partial charge is 0.385 e. The molecule has 3 unspecified atom stereocenters. The Bertz CT molecular complexity index is 308. The lowest BCUT2D eigenvalue weighted by Crippen LogP contribution is -2.45. The maximum Gasteiger partial charge on any atom is 0.392 e. The number of amides is 1. The molecule has 2 N–H and O–H groups in total. The molecule has 0 radical (unpaired) electrons. The highest BCUT2D eigenvalue weighted by Crippen LogP contribution is 2.41. The van der Waals surface area contributed by atoms with Gasteiger partial charge >= 0.3 is 6.18 Å². The van der Waals surface area contributed by atoms with Crippen LogP contribution in [-0.2, 0) is 4.79 Å². The van der Waals surface area contributed by atoms with E-state index >= 15 is 0 Å². The zero-order valence-corrected chi connectivity index (χ0v) is 10.1. The van der Waals surface area contributed by atoms with Crippen LogP contribution in [0.1, 0.15) is 25.7 Å². The molecule has 3 nitrogen and oxygen atoms in total. The number of hydrogen-bond acceptors (Lipinski definition) is 2. The van der Waals surface area contributed by atoms with Crippen molar-refractivity contribution in [2.24, 2.45) is 11.8 Å². The molecule has 8 heteroatoms. The molecule has 112 valence electrons. The van der Waals surface area contributed by atoms with E-state index in [1.54, 1.807) is 0 Å². The highest BCUT2D eigenvalue weighted by Gasteiger charge is 2.48. The van der Waals surface area contributed by atoms with E-state index in [9.17, 15) is 26.7 Å². The van der Waals surface area contributed by atoms with Crippen LogP contribution in [0.5, 0.6) is 0 Å². The topological polar surface area (TPSA) is 49.3 Å². The van der Waals surface area contributed by atoms with Crippen molar-refractivity contribution in [2.75, 3.05) is 6.54 Å². The van der Waals surface area contributed by atoms with Gasteiger partial charge in [-0.3, -0.25) is 4.79 Å². The summed E-state index contributed by atoms with van der Waals surface area (Å²) < 4.78 is 62.2. The fraction of sp³-hybridized carbons (Fsp3) is 0.909. The van der Waals surface area contributed by atoms with E-state index in [4.69, 9.17) is 5.11 Å². The van der Waals surface area contributed by atoms with Crippen molar-refractivity contribution >= 4 is 5.91 Å². The van der Waals surface area contributed by atoms with Crippen LogP contribution in [0.4, 0.5) is 22.0 Å². The quantitative estimate of drug-likeness (QED) is 0.779. The van der Waals surface area contributed by atoms with Gasteiger partial charge in [0.15, 0.2) is 0 Å². The molecule has 19 heavy (non-hydrogen) atoms. The normalized spacial score (nSPS) is 26.3. The SMILES string of the molecule is O=C(NCC(O)C(F)F)C1CCCCC1C(F)(F)F. The Labute approximate surface area is 107 Å². The molecule has 0 aliphatic heterocycles. The van der Waals surface area contributed by atoms with Crippen LogP contribution in [0, 0.1) is 11.8 Å². The van der Waals surface area contributed by atoms with Crippen LogP contribution in [0.15, 0.2) is 0 Å². The molecule has 0 bridgehead atoms. The Morgan fingerprint density at radius 1 is 1.26 bits per heavy atom. The molecule has 0 heterocycles. The monoisotopic (exact) mass is 289 g/mol. The molecular formula is C11H16F5NO2. The molecule has 1 fully saturated rings. The summed E-state index contributed by atoms with van der Waals surface area (Å²) >= 11 is 0. The third-order valence-electron chi connectivity index (χ3n) is 3.30. The van der Waals surface area contributed by atoms with E-state index in [-0.39, 0.29) is 12.8 Å². The van der Waals surface area contributed by atoms with E-state index in [2.05, 4.69) is 0 Å². The van der Waals surface area contributed by atoms with Crippen LogP contribution in [0.25, 0.3) is 0 Å². The largest absolute Gasteiger partial charge is 0.392 e. The summed E-state index contributed by atoms with van der Waals surface area (Å²) in [6, 6.07) is 0. The Morgan fingerprint density at radius 3 is 2.37 bits per heavy atom. The predicted octanol–water partition coefficient (Wildman–Crippen LogP) is 2.10. The summed E-state index contributed by atoms with van der Waals surface area (Å²) in [6.07, 6.45) is -8.71. The minimum absolute atomic E-state index is 0.0841. The number of aliphatic hydroxyl groups excluding tert-OH is 1. The van der Waals surface area contributed by atoms with Crippen LogP contribution in [0.2, 0.25) is 0 Å². The summed E-state index contributed by atoms with van der Waals surface area (Å²) in [5.74, 6) is -3.90. The predicted molar refractivity (Wildman–Crippen MR) is 56.5 cm³/mol. The molecule has 1 amide bonds. The second-order valence-corrected chi connectivity index (χ2v) is 4.69. The first-order valence-electron chi connectivity index (χ1n) is 6.04. The minimum atomic E-state index is -4.47. The van der Waals surface area contributed by atoms with Crippen LogP contribution in [0.3, 0.4) is 0 Å². The average Bonchev–Trinajstić information content (AvgIpc) is 2.34. The fourth-order valence-electron chi connectivity index (χ4n) is 2.26. The van der Waals surface area contributed by atoms with Crippen LogP contribution < -0.4 is 5.32 Å². The second kappa shape index (κ2) is 6.49. The first-order valence-corrected chi connectivity index (χ1v) is 6.04. The summed E-state index contributed by atoms with van der Waals surface area (Å²) in [4.78, 5) is 11.6. The van der Waals surface area contributed by atoms with Gasteiger partial charge < -0.3 is 10.4 Å². The third-order valence-corrected chi connectivity index (χ3v) is 3.30. The van der Waals surface area contributed by atoms with Gasteiger partial charge in [-0.25, -0.2) is 8.78 Å². The maximum absolute atomic E-state index is 12.7. The Balaban J connectivity index is 2.58. The summed E-state index contributed by atoms with van der Waals surface area (Å²) in [5, 5.41) is 10.8. The van der Waals surface area contributed by atoms with Gasteiger partial charge in [0, 0.05) is 12.5 Å². The third kappa shape index (κ3) is 4.59. The number of rotatable bonds is 4. The van der Waals surface area contributed by atoms with Gasteiger partial charge in [-0.05, 0) is 12.8 Å². The molecule has 1 rings (SSSR count). The highest BCUT2D eigenvalue weighted by atomic mass is 19.4. The lowest BCUT2D eigenvalue weighted by molar-refractivity contribution is -0.198. The number of nitrogens with one attached hydrogen (secondary N) is 1. The Hall–Kier alpha value is -0.920. The van der Waals surface area contributed by atoms with Crippen molar-refractivity contribution in [3.8, 4) is 0 Å². The highest BCUT2D eigenvalue weighted by molar-refractivity contribution is 5.79. The van der Waals surface area contributed by atoms with Crippen molar-refractivity contribution in [1.82, 2.24) is 5.32 Å². The van der Waals surface area contributed by atoms with Crippen molar-refractivity contribution in [3.63, 3.8) is 0 Å². The standard InChI is InChI=1S/C11H16F5NO2/c12-9(13)8(18)5-17-10(19)6-3-1-2-4-7(6)11(14,15)16/h6-9,18H,1-5H2,(H,17,19). The average molecular weight is 289 g/mol. The second-order valence-electron chi connectivity index (χ2n) is 4.69. The first-order chi connectivity index (χ1) is 8.73. The number of alkyl halides is 5. The van der Waals surface area contributed by atoms with E-state index in [1.165, 1.54) is 0 Å². The molecule has 3 atom stereocenters. The van der Waals surface area contributed by atoms with Crippen molar-refractivity contribution in [2.45, 2.75) is 44.4 Å². The zero-order chi connectivity index (χ0) is 14.6. The fourth-order valence-corrected chi connectivity index (χ4v) is 2.26.